The fourth-order valence-corrected chi connectivity index (χ4v) is 2.25. The largest absolute Gasteiger partial charge is 0.462 e. The number of ether oxygens (including phenoxy) is 1. The molecule has 21 heavy (non-hydrogen) atoms. The van der Waals surface area contributed by atoms with Crippen molar-refractivity contribution in [3.63, 3.8) is 0 Å². The van der Waals surface area contributed by atoms with Gasteiger partial charge in [0.1, 0.15) is 5.56 Å². The van der Waals surface area contributed by atoms with Crippen molar-refractivity contribution in [1.82, 2.24) is 0 Å². The molecule has 0 amide bonds. The fourth-order valence-electron chi connectivity index (χ4n) is 1.98. The molecule has 0 saturated carbocycles. The van der Waals surface area contributed by atoms with Gasteiger partial charge in [-0.25, -0.2) is 9.59 Å². The smallest absolute Gasteiger partial charge is 0.342 e. The SMILES string of the molecule is CCOC(=O)c1c(-c2ccc(Br)cc2)oc(=O)c(C)c1C. The summed E-state index contributed by atoms with van der Waals surface area (Å²) in [5.41, 5.74) is 1.51. The Morgan fingerprint density at radius 3 is 2.38 bits per heavy atom. The third-order valence-electron chi connectivity index (χ3n) is 3.25. The van der Waals surface area contributed by atoms with Crippen LogP contribution in [-0.2, 0) is 4.74 Å². The molecular formula is C16H15BrO4. The van der Waals surface area contributed by atoms with Gasteiger partial charge in [-0.15, -0.1) is 0 Å². The quantitative estimate of drug-likeness (QED) is 0.788. The predicted octanol–water partition coefficient (Wildman–Crippen LogP) is 3.86. The van der Waals surface area contributed by atoms with Gasteiger partial charge in [0.15, 0.2) is 5.76 Å². The van der Waals surface area contributed by atoms with E-state index in [1.807, 2.05) is 12.1 Å². The maximum atomic E-state index is 12.2. The number of halogens is 1. The van der Waals surface area contributed by atoms with E-state index in [1.165, 1.54) is 0 Å². The Balaban J connectivity index is 2.72. The molecule has 110 valence electrons. The Kier molecular flexibility index (Phi) is 4.63. The monoisotopic (exact) mass is 350 g/mol. The van der Waals surface area contributed by atoms with Crippen LogP contribution < -0.4 is 5.63 Å². The summed E-state index contributed by atoms with van der Waals surface area (Å²) in [6, 6.07) is 7.19. The van der Waals surface area contributed by atoms with E-state index in [2.05, 4.69) is 15.9 Å². The summed E-state index contributed by atoms with van der Waals surface area (Å²) in [5.74, 6) is -0.242. The third kappa shape index (κ3) is 3.08. The van der Waals surface area contributed by atoms with Gasteiger partial charge in [-0.2, -0.15) is 0 Å². The van der Waals surface area contributed by atoms with Crippen LogP contribution in [0.15, 0.2) is 37.9 Å². The molecule has 0 atom stereocenters. The van der Waals surface area contributed by atoms with Crippen molar-refractivity contribution in [2.75, 3.05) is 6.61 Å². The van der Waals surface area contributed by atoms with Crippen LogP contribution in [0.3, 0.4) is 0 Å². The van der Waals surface area contributed by atoms with Crippen LogP contribution in [-0.4, -0.2) is 12.6 Å². The highest BCUT2D eigenvalue weighted by Gasteiger charge is 2.22. The molecule has 1 heterocycles. The molecule has 2 rings (SSSR count). The Morgan fingerprint density at radius 2 is 1.81 bits per heavy atom. The van der Waals surface area contributed by atoms with Crippen molar-refractivity contribution in [3.05, 3.63) is 55.8 Å². The number of rotatable bonds is 3. The molecule has 0 radical (unpaired) electrons. The molecule has 0 bridgehead atoms. The van der Waals surface area contributed by atoms with Crippen LogP contribution in [0.2, 0.25) is 0 Å². The van der Waals surface area contributed by atoms with E-state index in [-0.39, 0.29) is 12.4 Å². The van der Waals surface area contributed by atoms with Gasteiger partial charge >= 0.3 is 11.6 Å². The zero-order chi connectivity index (χ0) is 15.6. The molecule has 2 aromatic rings. The van der Waals surface area contributed by atoms with E-state index < -0.39 is 11.6 Å². The van der Waals surface area contributed by atoms with Crippen molar-refractivity contribution < 1.29 is 13.9 Å². The second-order valence-electron chi connectivity index (χ2n) is 4.57. The zero-order valence-electron chi connectivity index (χ0n) is 12.0. The zero-order valence-corrected chi connectivity index (χ0v) is 13.6. The van der Waals surface area contributed by atoms with Crippen LogP contribution >= 0.6 is 15.9 Å². The second kappa shape index (κ2) is 6.26. The number of hydrogen-bond acceptors (Lipinski definition) is 4. The topological polar surface area (TPSA) is 56.5 Å². The first-order valence-electron chi connectivity index (χ1n) is 6.53. The Morgan fingerprint density at radius 1 is 1.19 bits per heavy atom. The molecular weight excluding hydrogens is 336 g/mol. The van der Waals surface area contributed by atoms with Crippen molar-refractivity contribution in [1.29, 1.82) is 0 Å². The molecule has 4 nitrogen and oxygen atoms in total. The van der Waals surface area contributed by atoms with Gasteiger partial charge in [0.05, 0.1) is 6.61 Å². The van der Waals surface area contributed by atoms with E-state index >= 15 is 0 Å². The maximum absolute atomic E-state index is 12.2. The molecule has 5 heteroatoms. The minimum atomic E-state index is -0.486. The van der Waals surface area contributed by atoms with Gasteiger partial charge < -0.3 is 9.15 Å². The van der Waals surface area contributed by atoms with Crippen molar-refractivity contribution in [2.24, 2.45) is 0 Å². The normalized spacial score (nSPS) is 10.5. The highest BCUT2D eigenvalue weighted by Crippen LogP contribution is 2.28. The van der Waals surface area contributed by atoms with Crippen LogP contribution in [0, 0.1) is 13.8 Å². The Bertz CT molecular complexity index is 729. The number of hydrogen-bond donors (Lipinski definition) is 0. The van der Waals surface area contributed by atoms with E-state index in [1.54, 1.807) is 32.9 Å². The first kappa shape index (κ1) is 15.5. The lowest BCUT2D eigenvalue weighted by molar-refractivity contribution is 0.0523. The lowest BCUT2D eigenvalue weighted by atomic mass is 10.0. The van der Waals surface area contributed by atoms with Crippen molar-refractivity contribution in [2.45, 2.75) is 20.8 Å². The van der Waals surface area contributed by atoms with Crippen molar-refractivity contribution >= 4 is 21.9 Å². The first-order chi connectivity index (χ1) is 9.95. The predicted molar refractivity (Wildman–Crippen MR) is 83.5 cm³/mol. The molecule has 0 aliphatic rings. The molecule has 0 spiro atoms. The Labute approximate surface area is 130 Å². The molecule has 0 aliphatic heterocycles. The average Bonchev–Trinajstić information content (AvgIpc) is 2.45. The van der Waals surface area contributed by atoms with Gasteiger partial charge in [0, 0.05) is 15.6 Å². The number of benzene rings is 1. The first-order valence-corrected chi connectivity index (χ1v) is 7.32. The lowest BCUT2D eigenvalue weighted by Crippen LogP contribution is -2.15. The standard InChI is InChI=1S/C16H15BrO4/c1-4-20-16(19)13-9(2)10(3)15(18)21-14(13)11-5-7-12(17)8-6-11/h5-8H,4H2,1-3H3. The number of esters is 1. The third-order valence-corrected chi connectivity index (χ3v) is 3.78. The van der Waals surface area contributed by atoms with Crippen LogP contribution in [0.4, 0.5) is 0 Å². The molecule has 0 fully saturated rings. The highest BCUT2D eigenvalue weighted by atomic mass is 79.9. The van der Waals surface area contributed by atoms with Gasteiger partial charge in [-0.3, -0.25) is 0 Å². The fraction of sp³-hybridized carbons (Fsp3) is 0.250. The van der Waals surface area contributed by atoms with Gasteiger partial charge in [0.2, 0.25) is 0 Å². The molecule has 0 saturated heterocycles. The Hall–Kier alpha value is -1.88. The summed E-state index contributed by atoms with van der Waals surface area (Å²) < 4.78 is 11.3. The van der Waals surface area contributed by atoms with E-state index in [9.17, 15) is 9.59 Å². The minimum absolute atomic E-state index is 0.244. The number of carbonyl (C=O) groups is 1. The number of carbonyl (C=O) groups excluding carboxylic acids is 1. The highest BCUT2D eigenvalue weighted by molar-refractivity contribution is 9.10. The summed E-state index contributed by atoms with van der Waals surface area (Å²) in [7, 11) is 0. The summed E-state index contributed by atoms with van der Waals surface area (Å²) in [6.07, 6.45) is 0. The molecule has 0 unspecified atom stereocenters. The van der Waals surface area contributed by atoms with E-state index in [0.717, 1.165) is 4.47 Å². The summed E-state index contributed by atoms with van der Waals surface area (Å²) >= 11 is 3.35. The molecule has 1 aromatic heterocycles. The van der Waals surface area contributed by atoms with Crippen LogP contribution in [0.25, 0.3) is 11.3 Å². The van der Waals surface area contributed by atoms with Gasteiger partial charge in [-0.05, 0) is 38.5 Å². The second-order valence-corrected chi connectivity index (χ2v) is 5.49. The van der Waals surface area contributed by atoms with Crippen molar-refractivity contribution in [3.8, 4) is 11.3 Å². The summed E-state index contributed by atoms with van der Waals surface area (Å²) in [5, 5.41) is 0. The molecule has 0 N–H and O–H groups in total. The van der Waals surface area contributed by atoms with Gasteiger partial charge in [-0.1, -0.05) is 28.1 Å². The van der Waals surface area contributed by atoms with Crippen LogP contribution in [0.5, 0.6) is 0 Å². The van der Waals surface area contributed by atoms with E-state index in [4.69, 9.17) is 9.15 Å². The lowest BCUT2D eigenvalue weighted by Gasteiger charge is -2.12. The van der Waals surface area contributed by atoms with Gasteiger partial charge in [0.25, 0.3) is 0 Å². The molecule has 1 aromatic carbocycles. The summed E-state index contributed by atoms with van der Waals surface area (Å²) in [6.45, 7) is 5.35. The average molecular weight is 351 g/mol. The van der Waals surface area contributed by atoms with E-state index in [0.29, 0.717) is 22.3 Å². The summed E-state index contributed by atoms with van der Waals surface area (Å²) in [4.78, 5) is 24.1. The minimum Gasteiger partial charge on any atom is -0.462 e. The maximum Gasteiger partial charge on any atom is 0.342 e. The van der Waals surface area contributed by atoms with Crippen LogP contribution in [0.1, 0.15) is 28.4 Å². The molecule has 0 aliphatic carbocycles.